The van der Waals surface area contributed by atoms with Crippen molar-refractivity contribution in [3.8, 4) is 22.8 Å². The van der Waals surface area contributed by atoms with Crippen LogP contribution in [0.5, 0.6) is 11.5 Å². The van der Waals surface area contributed by atoms with Crippen molar-refractivity contribution in [2.75, 3.05) is 19.5 Å². The molecular formula is C34H36F3N3Na2O7S. The van der Waals surface area contributed by atoms with Crippen molar-refractivity contribution < 1.29 is 106 Å². The smallest absolute Gasteiger partial charge is 0.548 e. The third-order valence-electron chi connectivity index (χ3n) is 8.20. The largest absolute Gasteiger partial charge is 1.00 e. The number of ether oxygens (including phenoxy) is 2. The number of nitrogens with one attached hydrogen (secondary N) is 1. The molecule has 1 N–H and O–H groups in total. The van der Waals surface area contributed by atoms with Crippen molar-refractivity contribution in [2.24, 2.45) is 5.92 Å². The Morgan fingerprint density at radius 1 is 0.980 bits per heavy atom. The van der Waals surface area contributed by atoms with Gasteiger partial charge in [-0.2, -0.15) is 13.2 Å². The number of aromatic nitrogens is 2. The Labute approximate surface area is 336 Å². The Bertz CT molecular complexity index is 1800. The quantitative estimate of drug-likeness (QED) is 0.209. The van der Waals surface area contributed by atoms with Gasteiger partial charge in [-0.15, -0.1) is 11.3 Å². The number of carboxylic acid groups (broad SMARTS) is 2. The summed E-state index contributed by atoms with van der Waals surface area (Å²) >= 11 is 1.45. The number of fused-ring (bicyclic) bond motifs is 1. The van der Waals surface area contributed by atoms with Crippen LogP contribution in [0.15, 0.2) is 36.4 Å². The molecule has 0 spiro atoms. The van der Waals surface area contributed by atoms with Crippen LogP contribution in [0.25, 0.3) is 22.2 Å². The second-order valence-corrected chi connectivity index (χ2v) is 12.7. The first kappa shape index (κ1) is 43.6. The van der Waals surface area contributed by atoms with E-state index >= 15 is 0 Å². The number of thiazole rings is 1. The van der Waals surface area contributed by atoms with Gasteiger partial charge in [0.25, 0.3) is 5.91 Å². The molecule has 0 radical (unpaired) electrons. The zero-order valence-electron chi connectivity index (χ0n) is 29.0. The molecule has 1 amide bonds. The molecule has 50 heavy (non-hydrogen) atoms. The molecule has 1 saturated carbocycles. The second-order valence-electron chi connectivity index (χ2n) is 11.6. The summed E-state index contributed by atoms with van der Waals surface area (Å²) in [5, 5.41) is 24.5. The number of amides is 1. The Morgan fingerprint density at radius 2 is 1.62 bits per heavy atom. The van der Waals surface area contributed by atoms with Crippen molar-refractivity contribution in [2.45, 2.75) is 71.5 Å². The first-order valence-electron chi connectivity index (χ1n) is 15.3. The van der Waals surface area contributed by atoms with E-state index in [9.17, 15) is 27.9 Å². The summed E-state index contributed by atoms with van der Waals surface area (Å²) in [5.41, 5.74) is 4.45. The number of hydrogen-bond acceptors (Lipinski definition) is 9. The number of aryl methyl sites for hydroxylation is 3. The molecule has 1 aliphatic rings. The van der Waals surface area contributed by atoms with Gasteiger partial charge in [0.1, 0.15) is 23.2 Å². The maximum absolute atomic E-state index is 13.6. The SMILES string of the molecule is COc1cc(-c2nc(NC(=O)c3cc4cc(C)ccc4n3CC(=O)[O-])sc2CCC2CCCCC2)c(OC)cc1C.O=C([O-])C(F)(F)F.[Na+].[Na+]. The maximum atomic E-state index is 13.6. The van der Waals surface area contributed by atoms with E-state index in [1.54, 1.807) is 20.3 Å². The van der Waals surface area contributed by atoms with E-state index in [4.69, 9.17) is 24.4 Å². The van der Waals surface area contributed by atoms with Crippen LogP contribution in [0.3, 0.4) is 0 Å². The fraction of sp³-hybridized carbons (Fsp3) is 0.412. The normalized spacial score (nSPS) is 12.9. The van der Waals surface area contributed by atoms with Gasteiger partial charge in [-0.3, -0.25) is 10.1 Å². The van der Waals surface area contributed by atoms with Crippen LogP contribution >= 0.6 is 11.3 Å². The third-order valence-corrected chi connectivity index (χ3v) is 9.23. The van der Waals surface area contributed by atoms with Gasteiger partial charge < -0.3 is 33.8 Å². The Hall–Kier alpha value is -2.59. The first-order valence-corrected chi connectivity index (χ1v) is 16.1. The number of methoxy groups -OCH3 is 2. The first-order chi connectivity index (χ1) is 22.7. The summed E-state index contributed by atoms with van der Waals surface area (Å²) < 4.78 is 44.4. The predicted octanol–water partition coefficient (Wildman–Crippen LogP) is -0.779. The van der Waals surface area contributed by atoms with E-state index in [0.717, 1.165) is 51.2 Å². The number of hydrogen-bond donors (Lipinski definition) is 1. The van der Waals surface area contributed by atoms with E-state index in [0.29, 0.717) is 22.3 Å². The minimum Gasteiger partial charge on any atom is -0.548 e. The van der Waals surface area contributed by atoms with Crippen LogP contribution in [0.2, 0.25) is 0 Å². The van der Waals surface area contributed by atoms with Gasteiger partial charge in [0.2, 0.25) is 0 Å². The van der Waals surface area contributed by atoms with Gasteiger partial charge in [-0.25, -0.2) is 4.98 Å². The van der Waals surface area contributed by atoms with Gasteiger partial charge in [0.15, 0.2) is 5.13 Å². The number of aliphatic carboxylic acids is 2. The van der Waals surface area contributed by atoms with E-state index in [1.807, 2.05) is 44.2 Å². The van der Waals surface area contributed by atoms with E-state index in [-0.39, 0.29) is 64.8 Å². The van der Waals surface area contributed by atoms with E-state index in [2.05, 4.69) is 5.32 Å². The number of benzene rings is 2. The molecule has 4 aromatic rings. The zero-order chi connectivity index (χ0) is 35.2. The van der Waals surface area contributed by atoms with Gasteiger partial charge in [0, 0.05) is 21.3 Å². The molecule has 0 unspecified atom stereocenters. The van der Waals surface area contributed by atoms with E-state index < -0.39 is 30.6 Å². The summed E-state index contributed by atoms with van der Waals surface area (Å²) in [5.74, 6) is -2.58. The van der Waals surface area contributed by atoms with Crippen molar-refractivity contribution >= 4 is 45.2 Å². The molecule has 2 aromatic carbocycles. The number of carbonyl (C=O) groups is 3. The molecule has 0 bridgehead atoms. The van der Waals surface area contributed by atoms with Crippen LogP contribution in [-0.2, 0) is 22.6 Å². The fourth-order valence-electron chi connectivity index (χ4n) is 5.87. The number of halogens is 3. The van der Waals surface area contributed by atoms with Crippen molar-refractivity contribution in [1.82, 2.24) is 9.55 Å². The molecule has 2 aromatic heterocycles. The molecule has 5 rings (SSSR count). The Kier molecular flexibility index (Phi) is 16.8. The maximum Gasteiger partial charge on any atom is 1.00 e. The average molecular weight is 734 g/mol. The summed E-state index contributed by atoms with van der Waals surface area (Å²) in [7, 11) is 3.28. The summed E-state index contributed by atoms with van der Waals surface area (Å²) in [6.07, 6.45) is 3.09. The van der Waals surface area contributed by atoms with Crippen molar-refractivity contribution in [3.63, 3.8) is 0 Å². The summed E-state index contributed by atoms with van der Waals surface area (Å²) in [4.78, 5) is 39.9. The van der Waals surface area contributed by atoms with Crippen molar-refractivity contribution in [1.29, 1.82) is 0 Å². The average Bonchev–Trinajstić information content (AvgIpc) is 3.60. The molecule has 10 nitrogen and oxygen atoms in total. The van der Waals surface area contributed by atoms with Crippen LogP contribution in [0.4, 0.5) is 18.3 Å². The standard InChI is InChI=1S/C32H37N3O5S.C2HF3O2.2Na/c1-19-10-12-24-22(14-19)16-25(35(24)18-29(36)37)31(38)34-32-33-30(23-17-26(39-3)20(2)15-27(23)40-4)28(41-32)13-11-21-8-6-5-7-9-21;3-2(4,5)1(6)7;;/h10,12,14-17,21H,5-9,11,13,18H2,1-4H3,(H,36,37)(H,33,34,38);(H,6,7);;/q;;2*+1/p-2. The van der Waals surface area contributed by atoms with Crippen LogP contribution in [-0.4, -0.2) is 47.8 Å². The van der Waals surface area contributed by atoms with E-state index in [1.165, 1.54) is 48.0 Å². The molecule has 0 atom stereocenters. The number of alkyl halides is 3. The van der Waals surface area contributed by atoms with Gasteiger partial charge in [-0.1, -0.05) is 43.7 Å². The Balaban J connectivity index is 0.000000874. The molecule has 1 aliphatic carbocycles. The predicted molar refractivity (Wildman–Crippen MR) is 171 cm³/mol. The number of rotatable bonds is 10. The second kappa shape index (κ2) is 19.3. The monoisotopic (exact) mass is 733 g/mol. The molecule has 16 heteroatoms. The molecule has 2 heterocycles. The topological polar surface area (TPSA) is 146 Å². The number of carbonyl (C=O) groups excluding carboxylic acids is 3. The fourth-order valence-corrected chi connectivity index (χ4v) is 6.86. The van der Waals surface area contributed by atoms with Gasteiger partial charge in [0.05, 0.1) is 32.4 Å². The van der Waals surface area contributed by atoms with Gasteiger partial charge >= 0.3 is 65.3 Å². The molecule has 0 saturated heterocycles. The minimum absolute atomic E-state index is 0. The molecule has 0 aliphatic heterocycles. The van der Waals surface area contributed by atoms with Crippen LogP contribution in [0.1, 0.15) is 65.0 Å². The minimum atomic E-state index is -5.19. The van der Waals surface area contributed by atoms with Gasteiger partial charge in [-0.05, 0) is 68.5 Å². The molecule has 1 fully saturated rings. The summed E-state index contributed by atoms with van der Waals surface area (Å²) in [6.45, 7) is 3.50. The summed E-state index contributed by atoms with van der Waals surface area (Å²) in [6, 6.07) is 11.2. The Morgan fingerprint density at radius 3 is 2.20 bits per heavy atom. The zero-order valence-corrected chi connectivity index (χ0v) is 33.8. The number of anilines is 1. The number of nitrogens with zero attached hydrogens (tertiary/aromatic N) is 2. The molecular weight excluding hydrogens is 697 g/mol. The van der Waals surface area contributed by atoms with Crippen LogP contribution in [0, 0.1) is 19.8 Å². The van der Waals surface area contributed by atoms with Crippen molar-refractivity contribution in [3.05, 3.63) is 58.1 Å². The third kappa shape index (κ3) is 11.2. The van der Waals surface area contributed by atoms with Crippen LogP contribution < -0.4 is 84.1 Å². The number of carboxylic acids is 2. The molecule has 258 valence electrons.